The molecule has 0 saturated carbocycles. The number of aryl methyl sites for hydroxylation is 1. The number of nitrogens with two attached hydrogens (primary N) is 1. The molecule has 29 heavy (non-hydrogen) atoms. The molecule has 0 saturated heterocycles. The molecule has 3 heterocycles. The molecule has 9 heteroatoms. The van der Waals surface area contributed by atoms with Crippen LogP contribution in [0.1, 0.15) is 22.4 Å². The number of nitrogens with zero attached hydrogens (tertiary/aromatic N) is 5. The number of hydrogen-bond acceptors (Lipinski definition) is 5. The molecule has 0 unspecified atom stereocenters. The van der Waals surface area contributed by atoms with Crippen molar-refractivity contribution in [1.29, 1.82) is 0 Å². The van der Waals surface area contributed by atoms with E-state index in [1.807, 2.05) is 6.92 Å². The summed E-state index contributed by atoms with van der Waals surface area (Å²) >= 11 is 0. The lowest BCUT2D eigenvalue weighted by Crippen LogP contribution is -2.04. The minimum atomic E-state index is -4.38. The van der Waals surface area contributed by atoms with Gasteiger partial charge in [0.2, 0.25) is 5.95 Å². The van der Waals surface area contributed by atoms with Crippen molar-refractivity contribution in [3.63, 3.8) is 0 Å². The van der Waals surface area contributed by atoms with E-state index in [1.54, 1.807) is 16.8 Å². The highest BCUT2D eigenvalue weighted by Crippen LogP contribution is 2.31. The van der Waals surface area contributed by atoms with Crippen molar-refractivity contribution in [2.45, 2.75) is 13.1 Å². The lowest BCUT2D eigenvalue weighted by molar-refractivity contribution is -0.137. The molecule has 3 aromatic heterocycles. The number of nitrogen functional groups attached to an aromatic ring is 1. The van der Waals surface area contributed by atoms with Crippen LogP contribution in [0, 0.1) is 18.8 Å². The SMILES string of the molecule is Cc1cc(-c2ccc(C(F)(F)F)cc2)nc2c(C#Cc3cnc(N)nc3)cnn12. The number of aromatic nitrogens is 5. The molecule has 0 bridgehead atoms. The van der Waals surface area contributed by atoms with Crippen LogP contribution in [0.2, 0.25) is 0 Å². The highest BCUT2D eigenvalue weighted by molar-refractivity contribution is 5.66. The number of benzene rings is 1. The number of alkyl halides is 3. The van der Waals surface area contributed by atoms with Gasteiger partial charge in [0, 0.05) is 23.7 Å². The van der Waals surface area contributed by atoms with Crippen LogP contribution in [-0.4, -0.2) is 24.6 Å². The zero-order chi connectivity index (χ0) is 20.6. The second kappa shape index (κ2) is 6.91. The summed E-state index contributed by atoms with van der Waals surface area (Å²) in [5, 5.41) is 4.28. The van der Waals surface area contributed by atoms with E-state index in [1.165, 1.54) is 24.5 Å². The van der Waals surface area contributed by atoms with E-state index < -0.39 is 11.7 Å². The molecule has 0 atom stereocenters. The third-order valence-corrected chi connectivity index (χ3v) is 4.17. The molecule has 1 aromatic carbocycles. The minimum Gasteiger partial charge on any atom is -0.368 e. The van der Waals surface area contributed by atoms with Crippen LogP contribution in [0.25, 0.3) is 16.9 Å². The van der Waals surface area contributed by atoms with Crippen LogP contribution in [0.4, 0.5) is 19.1 Å². The van der Waals surface area contributed by atoms with E-state index in [-0.39, 0.29) is 5.95 Å². The fourth-order valence-corrected chi connectivity index (χ4v) is 2.72. The first kappa shape index (κ1) is 18.4. The van der Waals surface area contributed by atoms with Crippen LogP contribution >= 0.6 is 0 Å². The quantitative estimate of drug-likeness (QED) is 0.500. The van der Waals surface area contributed by atoms with Crippen molar-refractivity contribution in [3.05, 3.63) is 71.3 Å². The molecular weight excluding hydrogens is 381 g/mol. The number of halogens is 3. The molecule has 0 aliphatic carbocycles. The van der Waals surface area contributed by atoms with Crippen molar-refractivity contribution in [2.24, 2.45) is 0 Å². The standard InChI is InChI=1S/C20H13F3N6/c1-12-8-17(14-4-6-16(7-5-14)20(21,22)23)28-18-15(11-27-29(12)18)3-2-13-9-25-19(24)26-10-13/h4-11H,1H3,(H2,24,25,26). The predicted molar refractivity (Wildman–Crippen MR) is 101 cm³/mol. The van der Waals surface area contributed by atoms with Crippen LogP contribution in [0.15, 0.2) is 48.9 Å². The summed E-state index contributed by atoms with van der Waals surface area (Å²) in [6, 6.07) is 6.63. The molecular formula is C20H13F3N6. The second-order valence-corrected chi connectivity index (χ2v) is 6.23. The monoisotopic (exact) mass is 394 g/mol. The molecule has 0 spiro atoms. The Morgan fingerprint density at radius 1 is 1.00 bits per heavy atom. The van der Waals surface area contributed by atoms with Crippen LogP contribution in [0.5, 0.6) is 0 Å². The number of rotatable bonds is 1. The van der Waals surface area contributed by atoms with Crippen molar-refractivity contribution in [2.75, 3.05) is 5.73 Å². The van der Waals surface area contributed by atoms with Gasteiger partial charge in [0.25, 0.3) is 0 Å². The Hall–Kier alpha value is -3.93. The molecule has 0 amide bonds. The summed E-state index contributed by atoms with van der Waals surface area (Å²) in [5.41, 5.74) is 8.27. The Bertz CT molecular complexity index is 1250. The predicted octanol–water partition coefficient (Wildman–Crippen LogP) is 3.50. The molecule has 0 aliphatic rings. The summed E-state index contributed by atoms with van der Waals surface area (Å²) in [5.74, 6) is 6.05. The molecule has 4 rings (SSSR count). The topological polar surface area (TPSA) is 82.0 Å². The molecule has 144 valence electrons. The van der Waals surface area contributed by atoms with Gasteiger partial charge in [-0.25, -0.2) is 19.5 Å². The maximum Gasteiger partial charge on any atom is 0.416 e. The van der Waals surface area contributed by atoms with E-state index in [2.05, 4.69) is 31.9 Å². The largest absolute Gasteiger partial charge is 0.416 e. The van der Waals surface area contributed by atoms with Crippen molar-refractivity contribution in [3.8, 4) is 23.1 Å². The Labute approximate surface area is 163 Å². The molecule has 2 N–H and O–H groups in total. The number of hydrogen-bond donors (Lipinski definition) is 1. The van der Waals surface area contributed by atoms with Crippen molar-refractivity contribution >= 4 is 11.6 Å². The maximum atomic E-state index is 12.8. The lowest BCUT2D eigenvalue weighted by Gasteiger charge is -2.08. The first-order valence-corrected chi connectivity index (χ1v) is 8.44. The van der Waals surface area contributed by atoms with Gasteiger partial charge < -0.3 is 5.73 Å². The van der Waals surface area contributed by atoms with Gasteiger partial charge in [0.1, 0.15) is 0 Å². The van der Waals surface area contributed by atoms with E-state index >= 15 is 0 Å². The second-order valence-electron chi connectivity index (χ2n) is 6.23. The van der Waals surface area contributed by atoms with E-state index in [9.17, 15) is 13.2 Å². The molecule has 6 nitrogen and oxygen atoms in total. The van der Waals surface area contributed by atoms with Gasteiger partial charge in [-0.1, -0.05) is 24.0 Å². The van der Waals surface area contributed by atoms with Gasteiger partial charge in [0.05, 0.1) is 28.6 Å². The summed E-state index contributed by atoms with van der Waals surface area (Å²) in [4.78, 5) is 12.3. The third-order valence-electron chi connectivity index (χ3n) is 4.17. The van der Waals surface area contributed by atoms with Crippen LogP contribution < -0.4 is 5.73 Å². The lowest BCUT2D eigenvalue weighted by atomic mass is 10.1. The Kier molecular flexibility index (Phi) is 4.39. The van der Waals surface area contributed by atoms with Crippen LogP contribution in [0.3, 0.4) is 0 Å². The van der Waals surface area contributed by atoms with Crippen LogP contribution in [-0.2, 0) is 6.18 Å². The summed E-state index contributed by atoms with van der Waals surface area (Å²) < 4.78 is 40.0. The Balaban J connectivity index is 1.75. The molecule has 0 aliphatic heterocycles. The van der Waals surface area contributed by atoms with E-state index in [0.29, 0.717) is 28.0 Å². The first-order valence-electron chi connectivity index (χ1n) is 8.44. The van der Waals surface area contributed by atoms with Gasteiger partial charge in [-0.15, -0.1) is 0 Å². The smallest absolute Gasteiger partial charge is 0.368 e. The zero-order valence-electron chi connectivity index (χ0n) is 15.1. The summed E-state index contributed by atoms with van der Waals surface area (Å²) in [6.45, 7) is 1.83. The van der Waals surface area contributed by atoms with Gasteiger partial charge >= 0.3 is 6.18 Å². The van der Waals surface area contributed by atoms with Crippen molar-refractivity contribution in [1.82, 2.24) is 24.6 Å². The van der Waals surface area contributed by atoms with Gasteiger partial charge in [-0.2, -0.15) is 18.3 Å². The third kappa shape index (κ3) is 3.73. The van der Waals surface area contributed by atoms with E-state index in [0.717, 1.165) is 17.8 Å². The van der Waals surface area contributed by atoms with Gasteiger partial charge in [-0.3, -0.25) is 0 Å². The fourth-order valence-electron chi connectivity index (χ4n) is 2.72. The highest BCUT2D eigenvalue weighted by atomic mass is 19.4. The Morgan fingerprint density at radius 2 is 1.69 bits per heavy atom. The average Bonchev–Trinajstić information content (AvgIpc) is 3.10. The first-order chi connectivity index (χ1) is 13.8. The maximum absolute atomic E-state index is 12.8. The zero-order valence-corrected chi connectivity index (χ0v) is 15.1. The number of fused-ring (bicyclic) bond motifs is 1. The molecule has 0 fully saturated rings. The van der Waals surface area contributed by atoms with E-state index in [4.69, 9.17) is 5.73 Å². The number of anilines is 1. The average molecular weight is 394 g/mol. The Morgan fingerprint density at radius 3 is 2.34 bits per heavy atom. The van der Waals surface area contributed by atoms with Gasteiger partial charge in [-0.05, 0) is 25.1 Å². The fraction of sp³-hybridized carbons (Fsp3) is 0.100. The normalized spacial score (nSPS) is 11.3. The summed E-state index contributed by atoms with van der Waals surface area (Å²) in [6.07, 6.45) is 0.212. The van der Waals surface area contributed by atoms with Gasteiger partial charge in [0.15, 0.2) is 5.65 Å². The minimum absolute atomic E-state index is 0.157. The molecule has 0 radical (unpaired) electrons. The summed E-state index contributed by atoms with van der Waals surface area (Å²) in [7, 11) is 0. The van der Waals surface area contributed by atoms with Crippen molar-refractivity contribution < 1.29 is 13.2 Å². The highest BCUT2D eigenvalue weighted by Gasteiger charge is 2.30. The molecule has 4 aromatic rings.